The number of nitrogens with one attached hydrogen (secondary N) is 1. The number of rotatable bonds is 3. The van der Waals surface area contributed by atoms with Crippen LogP contribution in [0.25, 0.3) is 0 Å². The summed E-state index contributed by atoms with van der Waals surface area (Å²) in [4.78, 5) is 11.8. The van der Waals surface area contributed by atoms with Crippen LogP contribution < -0.4 is 5.32 Å². The minimum absolute atomic E-state index is 0.0787. The van der Waals surface area contributed by atoms with Crippen molar-refractivity contribution in [3.05, 3.63) is 34.3 Å². The monoisotopic (exact) mass is 317 g/mol. The molecule has 0 atom stereocenters. The molecule has 2 aromatic rings. The third kappa shape index (κ3) is 3.28. The smallest absolute Gasteiger partial charge is 0.257 e. The largest absolute Gasteiger partial charge is 0.296 e. The van der Waals surface area contributed by atoms with E-state index in [1.807, 2.05) is 0 Å². The molecule has 9 heteroatoms. The van der Waals surface area contributed by atoms with Gasteiger partial charge in [0.2, 0.25) is 5.13 Å². The second-order valence-corrected chi connectivity index (χ2v) is 6.84. The summed E-state index contributed by atoms with van der Waals surface area (Å²) in [5.74, 6) is -0.474. The number of sulfone groups is 1. The van der Waals surface area contributed by atoms with Crippen molar-refractivity contribution in [2.24, 2.45) is 0 Å². The van der Waals surface area contributed by atoms with Crippen LogP contribution in [-0.2, 0) is 9.84 Å². The maximum Gasteiger partial charge on any atom is 0.257 e. The summed E-state index contributed by atoms with van der Waals surface area (Å²) in [6.07, 6.45) is 1.03. The van der Waals surface area contributed by atoms with Crippen LogP contribution in [0.2, 0.25) is 5.02 Å². The van der Waals surface area contributed by atoms with Crippen molar-refractivity contribution in [3.8, 4) is 0 Å². The molecule has 0 radical (unpaired) electrons. The van der Waals surface area contributed by atoms with Crippen molar-refractivity contribution >= 4 is 43.8 Å². The minimum atomic E-state index is -3.49. The Kier molecular flexibility index (Phi) is 3.83. The molecule has 0 saturated heterocycles. The van der Waals surface area contributed by atoms with E-state index in [2.05, 4.69) is 15.5 Å². The average Bonchev–Trinajstić information content (AvgIpc) is 2.80. The van der Waals surface area contributed by atoms with E-state index in [4.69, 9.17) is 11.6 Å². The molecule has 0 unspecified atom stereocenters. The predicted molar refractivity (Wildman–Crippen MR) is 72.4 cm³/mol. The van der Waals surface area contributed by atoms with E-state index in [1.165, 1.54) is 23.7 Å². The summed E-state index contributed by atoms with van der Waals surface area (Å²) in [5.41, 5.74) is 1.65. The molecule has 1 aromatic carbocycles. The van der Waals surface area contributed by atoms with Gasteiger partial charge in [-0.3, -0.25) is 10.1 Å². The second-order valence-electron chi connectivity index (χ2n) is 3.62. The third-order valence-electron chi connectivity index (χ3n) is 2.17. The molecule has 0 aliphatic rings. The van der Waals surface area contributed by atoms with Gasteiger partial charge in [0.1, 0.15) is 5.51 Å². The highest BCUT2D eigenvalue weighted by molar-refractivity contribution is 7.90. The molecule has 0 aliphatic heterocycles. The van der Waals surface area contributed by atoms with Crippen LogP contribution in [0.15, 0.2) is 28.6 Å². The number of hydrogen-bond acceptors (Lipinski definition) is 6. The molecule has 19 heavy (non-hydrogen) atoms. The summed E-state index contributed by atoms with van der Waals surface area (Å²) < 4.78 is 23.0. The first kappa shape index (κ1) is 13.9. The molecule has 0 aliphatic carbocycles. The van der Waals surface area contributed by atoms with Gasteiger partial charge in [0.15, 0.2) is 9.84 Å². The highest BCUT2D eigenvalue weighted by Crippen LogP contribution is 2.23. The summed E-state index contributed by atoms with van der Waals surface area (Å²) in [6.45, 7) is 0. The van der Waals surface area contributed by atoms with Gasteiger partial charge >= 0.3 is 0 Å². The SMILES string of the molecule is CS(=O)(=O)c1cc(C(=O)Nc2nncs2)ccc1Cl. The number of amides is 1. The van der Waals surface area contributed by atoms with Crippen molar-refractivity contribution in [2.75, 3.05) is 11.6 Å². The van der Waals surface area contributed by atoms with E-state index in [1.54, 1.807) is 0 Å². The van der Waals surface area contributed by atoms with Crippen LogP contribution in [0.1, 0.15) is 10.4 Å². The summed E-state index contributed by atoms with van der Waals surface area (Å²) >= 11 is 6.96. The van der Waals surface area contributed by atoms with Gasteiger partial charge in [-0.05, 0) is 18.2 Å². The Labute approximate surface area is 118 Å². The number of nitrogens with zero attached hydrogens (tertiary/aromatic N) is 2. The summed E-state index contributed by atoms with van der Waals surface area (Å²) in [7, 11) is -3.49. The lowest BCUT2D eigenvalue weighted by Gasteiger charge is -2.05. The first-order chi connectivity index (χ1) is 8.88. The summed E-state index contributed by atoms with van der Waals surface area (Å²) in [5, 5.41) is 10.2. The highest BCUT2D eigenvalue weighted by Gasteiger charge is 2.16. The molecular formula is C10H8ClN3O3S2. The molecule has 6 nitrogen and oxygen atoms in total. The van der Waals surface area contributed by atoms with Crippen LogP contribution >= 0.6 is 22.9 Å². The van der Waals surface area contributed by atoms with E-state index in [0.717, 1.165) is 17.6 Å². The summed E-state index contributed by atoms with van der Waals surface area (Å²) in [6, 6.07) is 4.04. The topological polar surface area (TPSA) is 89.0 Å². The zero-order chi connectivity index (χ0) is 14.0. The fourth-order valence-electron chi connectivity index (χ4n) is 1.33. The van der Waals surface area contributed by atoms with Crippen LogP contribution in [0, 0.1) is 0 Å². The number of anilines is 1. The van der Waals surface area contributed by atoms with Gasteiger partial charge < -0.3 is 0 Å². The molecule has 1 aromatic heterocycles. The molecule has 1 heterocycles. The number of benzene rings is 1. The quantitative estimate of drug-likeness (QED) is 0.933. The highest BCUT2D eigenvalue weighted by atomic mass is 35.5. The van der Waals surface area contributed by atoms with Gasteiger partial charge in [0, 0.05) is 11.8 Å². The Hall–Kier alpha value is -1.51. The van der Waals surface area contributed by atoms with Gasteiger partial charge in [-0.25, -0.2) is 8.42 Å². The average molecular weight is 318 g/mol. The Morgan fingerprint density at radius 1 is 1.42 bits per heavy atom. The van der Waals surface area contributed by atoms with Crippen molar-refractivity contribution < 1.29 is 13.2 Å². The van der Waals surface area contributed by atoms with Gasteiger partial charge in [0.05, 0.1) is 9.92 Å². The number of hydrogen-bond donors (Lipinski definition) is 1. The minimum Gasteiger partial charge on any atom is -0.296 e. The number of aromatic nitrogens is 2. The van der Waals surface area contributed by atoms with E-state index < -0.39 is 15.7 Å². The molecule has 100 valence electrons. The lowest BCUT2D eigenvalue weighted by Crippen LogP contribution is -2.12. The zero-order valence-electron chi connectivity index (χ0n) is 9.62. The third-order valence-corrected chi connectivity index (χ3v) is 4.36. The molecular weight excluding hydrogens is 310 g/mol. The molecule has 0 bridgehead atoms. The van der Waals surface area contributed by atoms with Gasteiger partial charge in [-0.1, -0.05) is 22.9 Å². The van der Waals surface area contributed by atoms with Crippen LogP contribution in [0.4, 0.5) is 5.13 Å². The molecule has 1 amide bonds. The van der Waals surface area contributed by atoms with Crippen molar-refractivity contribution in [2.45, 2.75) is 4.90 Å². The van der Waals surface area contributed by atoms with Crippen LogP contribution in [0.3, 0.4) is 0 Å². The van der Waals surface area contributed by atoms with E-state index in [-0.39, 0.29) is 15.5 Å². The van der Waals surface area contributed by atoms with Gasteiger partial charge in [-0.2, -0.15) is 0 Å². The van der Waals surface area contributed by atoms with Gasteiger partial charge in [-0.15, -0.1) is 10.2 Å². The lowest BCUT2D eigenvalue weighted by atomic mass is 10.2. The fraction of sp³-hybridized carbons (Fsp3) is 0.100. The van der Waals surface area contributed by atoms with E-state index in [0.29, 0.717) is 5.13 Å². The van der Waals surface area contributed by atoms with E-state index >= 15 is 0 Å². The van der Waals surface area contributed by atoms with Crippen LogP contribution in [-0.4, -0.2) is 30.8 Å². The van der Waals surface area contributed by atoms with Crippen molar-refractivity contribution in [1.29, 1.82) is 0 Å². The van der Waals surface area contributed by atoms with E-state index in [9.17, 15) is 13.2 Å². The van der Waals surface area contributed by atoms with Crippen molar-refractivity contribution in [1.82, 2.24) is 10.2 Å². The molecule has 0 saturated carbocycles. The Morgan fingerprint density at radius 3 is 2.74 bits per heavy atom. The Morgan fingerprint density at radius 2 is 2.16 bits per heavy atom. The van der Waals surface area contributed by atoms with Crippen molar-refractivity contribution in [3.63, 3.8) is 0 Å². The second kappa shape index (κ2) is 5.24. The number of carbonyl (C=O) groups is 1. The van der Waals surface area contributed by atoms with Crippen LogP contribution in [0.5, 0.6) is 0 Å². The number of carbonyl (C=O) groups excluding carboxylic acids is 1. The van der Waals surface area contributed by atoms with Gasteiger partial charge in [0.25, 0.3) is 5.91 Å². The first-order valence-corrected chi connectivity index (χ1v) is 8.10. The first-order valence-electron chi connectivity index (χ1n) is 4.95. The molecule has 0 spiro atoms. The maximum atomic E-state index is 11.9. The fourth-order valence-corrected chi connectivity index (χ4v) is 3.07. The molecule has 2 rings (SSSR count). The molecule has 1 N–H and O–H groups in total. The Balaban J connectivity index is 2.33. The normalized spacial score (nSPS) is 11.3. The lowest BCUT2D eigenvalue weighted by molar-refractivity contribution is 0.102. The predicted octanol–water partition coefficient (Wildman–Crippen LogP) is 1.85. The standard InChI is InChI=1S/C10H8ClN3O3S2/c1-19(16,17)8-4-6(2-3-7(8)11)9(15)13-10-14-12-5-18-10/h2-5H,1H3,(H,13,14,15). The zero-order valence-corrected chi connectivity index (χ0v) is 12.0. The maximum absolute atomic E-state index is 11.9. The number of halogens is 1. The Bertz CT molecular complexity index is 714. The molecule has 0 fully saturated rings.